The average Bonchev–Trinajstić information content (AvgIpc) is 3.47. The van der Waals surface area contributed by atoms with E-state index in [4.69, 9.17) is 0 Å². The standard InChI is InChI=1S/C26H26N2O3/c1-3-15-7-5-8-16(4-2)23(15)27-24(29)19-9-6-10-20(14-19)28-25(30)21-17-11-12-18(13-17)22(21)26(28)31/h5-12,14,17-18,21-22H,3-4,13H2,1-2H3,(H,27,29)/t17-,18+,21-,22+. The number of rotatable bonds is 5. The van der Waals surface area contributed by atoms with Crippen LogP contribution in [0.5, 0.6) is 0 Å². The van der Waals surface area contributed by atoms with E-state index in [-0.39, 0.29) is 41.4 Å². The number of nitrogens with one attached hydrogen (secondary N) is 1. The summed E-state index contributed by atoms with van der Waals surface area (Å²) in [4.78, 5) is 40.6. The second-order valence-electron chi connectivity index (χ2n) is 8.67. The van der Waals surface area contributed by atoms with Crippen molar-refractivity contribution < 1.29 is 14.4 Å². The molecule has 5 heteroatoms. The molecule has 2 aromatic carbocycles. The monoisotopic (exact) mass is 414 g/mol. The SMILES string of the molecule is CCc1cccc(CC)c1NC(=O)c1cccc(N2C(=O)[C@@H]3[C@H](C2=O)[C@@H]2C=C[C@H]3C2)c1. The maximum Gasteiger partial charge on any atom is 0.255 e. The van der Waals surface area contributed by atoms with Gasteiger partial charge in [-0.1, -0.05) is 50.3 Å². The highest BCUT2D eigenvalue weighted by molar-refractivity contribution is 6.23. The van der Waals surface area contributed by atoms with Crippen LogP contribution >= 0.6 is 0 Å². The van der Waals surface area contributed by atoms with Gasteiger partial charge in [0.1, 0.15) is 0 Å². The highest BCUT2D eigenvalue weighted by Crippen LogP contribution is 2.53. The molecule has 1 N–H and O–H groups in total. The molecule has 2 aliphatic carbocycles. The Kier molecular flexibility index (Phi) is 4.77. The van der Waals surface area contributed by atoms with Gasteiger partial charge in [-0.25, -0.2) is 4.90 Å². The van der Waals surface area contributed by atoms with E-state index in [1.807, 2.05) is 18.2 Å². The van der Waals surface area contributed by atoms with Crippen molar-refractivity contribution in [2.75, 3.05) is 10.2 Å². The quantitative estimate of drug-likeness (QED) is 0.583. The number of carbonyl (C=O) groups excluding carboxylic acids is 3. The van der Waals surface area contributed by atoms with Crippen LogP contribution in [0.2, 0.25) is 0 Å². The number of carbonyl (C=O) groups is 3. The van der Waals surface area contributed by atoms with Gasteiger partial charge in [0.2, 0.25) is 11.8 Å². The topological polar surface area (TPSA) is 66.5 Å². The van der Waals surface area contributed by atoms with Crippen molar-refractivity contribution in [2.24, 2.45) is 23.7 Å². The average molecular weight is 415 g/mol. The van der Waals surface area contributed by atoms with Crippen molar-refractivity contribution >= 4 is 29.1 Å². The summed E-state index contributed by atoms with van der Waals surface area (Å²) in [5.74, 6) is -0.657. The number of amides is 3. The van der Waals surface area contributed by atoms with Crippen LogP contribution in [0.15, 0.2) is 54.6 Å². The Morgan fingerprint density at radius 3 is 2.10 bits per heavy atom. The first-order chi connectivity index (χ1) is 15.0. The van der Waals surface area contributed by atoms with Crippen LogP contribution in [0.4, 0.5) is 11.4 Å². The van der Waals surface area contributed by atoms with E-state index in [0.717, 1.165) is 36.1 Å². The lowest BCUT2D eigenvalue weighted by Crippen LogP contribution is -2.33. The van der Waals surface area contributed by atoms with Crippen molar-refractivity contribution in [3.8, 4) is 0 Å². The van der Waals surface area contributed by atoms with Gasteiger partial charge >= 0.3 is 0 Å². The van der Waals surface area contributed by atoms with Gasteiger partial charge < -0.3 is 5.32 Å². The molecule has 3 amide bonds. The van der Waals surface area contributed by atoms with Crippen LogP contribution in [0.3, 0.4) is 0 Å². The van der Waals surface area contributed by atoms with Crippen LogP contribution in [0, 0.1) is 23.7 Å². The lowest BCUT2D eigenvalue weighted by molar-refractivity contribution is -0.123. The molecular weight excluding hydrogens is 388 g/mol. The molecule has 2 aromatic rings. The molecule has 158 valence electrons. The van der Waals surface area contributed by atoms with Gasteiger partial charge in [-0.15, -0.1) is 0 Å². The summed E-state index contributed by atoms with van der Waals surface area (Å²) in [5, 5.41) is 3.06. The highest BCUT2D eigenvalue weighted by atomic mass is 16.2. The van der Waals surface area contributed by atoms with Gasteiger partial charge in [0.15, 0.2) is 0 Å². The van der Waals surface area contributed by atoms with Crippen LogP contribution in [-0.4, -0.2) is 17.7 Å². The van der Waals surface area contributed by atoms with Gasteiger partial charge in [0, 0.05) is 11.3 Å². The summed E-state index contributed by atoms with van der Waals surface area (Å²) in [6.07, 6.45) is 6.71. The summed E-state index contributed by atoms with van der Waals surface area (Å²) in [5.41, 5.74) is 3.95. The third-order valence-electron chi connectivity index (χ3n) is 7.07. The Hall–Kier alpha value is -3.21. The Morgan fingerprint density at radius 2 is 1.52 bits per heavy atom. The lowest BCUT2D eigenvalue weighted by Gasteiger charge is -2.18. The third-order valence-corrected chi connectivity index (χ3v) is 7.07. The summed E-state index contributed by atoms with van der Waals surface area (Å²) < 4.78 is 0. The van der Waals surface area contributed by atoms with Crippen LogP contribution in [0.25, 0.3) is 0 Å². The minimum absolute atomic E-state index is 0.131. The number of fused-ring (bicyclic) bond motifs is 5. The summed E-state index contributed by atoms with van der Waals surface area (Å²) in [6.45, 7) is 4.13. The number of hydrogen-bond donors (Lipinski definition) is 1. The van der Waals surface area contributed by atoms with E-state index in [2.05, 4.69) is 31.3 Å². The van der Waals surface area contributed by atoms with Crippen molar-refractivity contribution in [3.63, 3.8) is 0 Å². The van der Waals surface area contributed by atoms with Gasteiger partial charge in [-0.3, -0.25) is 14.4 Å². The molecule has 31 heavy (non-hydrogen) atoms. The number of para-hydroxylation sites is 1. The fourth-order valence-electron chi connectivity index (χ4n) is 5.53. The van der Waals surface area contributed by atoms with E-state index < -0.39 is 0 Å². The predicted octanol–water partition coefficient (Wildman–Crippen LogP) is 4.38. The minimum atomic E-state index is -0.247. The largest absolute Gasteiger partial charge is 0.321 e. The van der Waals surface area contributed by atoms with Crippen LogP contribution in [0.1, 0.15) is 41.8 Å². The molecule has 5 nitrogen and oxygen atoms in total. The third kappa shape index (κ3) is 3.02. The molecule has 2 fully saturated rings. The number of nitrogens with zero attached hydrogens (tertiary/aromatic N) is 1. The fraction of sp³-hybridized carbons (Fsp3) is 0.346. The predicted molar refractivity (Wildman–Crippen MR) is 120 cm³/mol. The van der Waals surface area contributed by atoms with Crippen molar-refractivity contribution in [3.05, 3.63) is 71.3 Å². The van der Waals surface area contributed by atoms with Crippen molar-refractivity contribution in [1.29, 1.82) is 0 Å². The number of benzene rings is 2. The zero-order valence-corrected chi connectivity index (χ0v) is 17.8. The van der Waals surface area contributed by atoms with Gasteiger partial charge in [0.05, 0.1) is 17.5 Å². The van der Waals surface area contributed by atoms with Gasteiger partial charge in [-0.05, 0) is 60.4 Å². The molecular formula is C26H26N2O3. The zero-order chi connectivity index (χ0) is 21.7. The number of anilines is 2. The first kappa shape index (κ1) is 19.7. The highest BCUT2D eigenvalue weighted by Gasteiger charge is 2.59. The number of hydrogen-bond acceptors (Lipinski definition) is 3. The molecule has 5 rings (SSSR count). The van der Waals surface area contributed by atoms with E-state index >= 15 is 0 Å². The summed E-state index contributed by atoms with van der Waals surface area (Å²) in [7, 11) is 0. The second-order valence-corrected chi connectivity index (χ2v) is 8.67. The summed E-state index contributed by atoms with van der Waals surface area (Å²) in [6, 6.07) is 12.9. The molecule has 1 aliphatic heterocycles. The van der Waals surface area contributed by atoms with E-state index in [1.54, 1.807) is 24.3 Å². The Labute approximate surface area is 182 Å². The maximum atomic E-state index is 13.1. The molecule has 1 saturated carbocycles. The van der Waals surface area contributed by atoms with Crippen LogP contribution < -0.4 is 10.2 Å². The first-order valence-electron chi connectivity index (χ1n) is 11.1. The Bertz CT molecular complexity index is 1070. The van der Waals surface area contributed by atoms with E-state index in [1.165, 1.54) is 4.90 Å². The molecule has 0 radical (unpaired) electrons. The molecule has 3 aliphatic rings. The van der Waals surface area contributed by atoms with Crippen LogP contribution in [-0.2, 0) is 22.4 Å². The molecule has 1 saturated heterocycles. The zero-order valence-electron chi connectivity index (χ0n) is 17.8. The normalized spacial score (nSPS) is 25.9. The van der Waals surface area contributed by atoms with Crippen molar-refractivity contribution in [2.45, 2.75) is 33.1 Å². The first-order valence-corrected chi connectivity index (χ1v) is 11.1. The number of aryl methyl sites for hydroxylation is 2. The molecule has 1 heterocycles. The van der Waals surface area contributed by atoms with E-state index in [0.29, 0.717) is 11.3 Å². The summed E-state index contributed by atoms with van der Waals surface area (Å²) >= 11 is 0. The molecule has 0 spiro atoms. The van der Waals surface area contributed by atoms with Crippen molar-refractivity contribution in [1.82, 2.24) is 0 Å². The second kappa shape index (κ2) is 7.49. The Morgan fingerprint density at radius 1 is 0.935 bits per heavy atom. The van der Waals surface area contributed by atoms with Gasteiger partial charge in [0.25, 0.3) is 5.91 Å². The smallest absolute Gasteiger partial charge is 0.255 e. The number of allylic oxidation sites excluding steroid dienone is 2. The Balaban J connectivity index is 1.42. The fourth-order valence-corrected chi connectivity index (χ4v) is 5.53. The van der Waals surface area contributed by atoms with Gasteiger partial charge in [-0.2, -0.15) is 0 Å². The molecule has 0 unspecified atom stereocenters. The molecule has 4 atom stereocenters. The molecule has 0 aromatic heterocycles. The number of imide groups is 1. The molecule has 2 bridgehead atoms. The maximum absolute atomic E-state index is 13.1. The minimum Gasteiger partial charge on any atom is -0.321 e. The lowest BCUT2D eigenvalue weighted by atomic mass is 9.85. The van der Waals surface area contributed by atoms with E-state index in [9.17, 15) is 14.4 Å².